The zero-order chi connectivity index (χ0) is 13.4. The van der Waals surface area contributed by atoms with E-state index in [2.05, 4.69) is 28.9 Å². The smallest absolute Gasteiger partial charge is 0.127 e. The van der Waals surface area contributed by atoms with Gasteiger partial charge in [-0.25, -0.2) is 0 Å². The summed E-state index contributed by atoms with van der Waals surface area (Å²) in [6.07, 6.45) is 1.81. The molecule has 4 heteroatoms. The van der Waals surface area contributed by atoms with E-state index in [0.29, 0.717) is 0 Å². The van der Waals surface area contributed by atoms with Crippen molar-refractivity contribution in [1.29, 1.82) is 0 Å². The lowest BCUT2D eigenvalue weighted by molar-refractivity contribution is 0.352. The summed E-state index contributed by atoms with van der Waals surface area (Å²) in [6.45, 7) is 2.78. The van der Waals surface area contributed by atoms with Gasteiger partial charge in [-0.1, -0.05) is 22.9 Å². The van der Waals surface area contributed by atoms with Crippen LogP contribution in [0.5, 0.6) is 5.75 Å². The van der Waals surface area contributed by atoms with Crippen LogP contribution >= 0.6 is 27.5 Å². The van der Waals surface area contributed by atoms with Crippen LogP contribution in [0.25, 0.3) is 0 Å². The molecule has 1 atom stereocenters. The van der Waals surface area contributed by atoms with Crippen LogP contribution in [0.1, 0.15) is 34.9 Å². The van der Waals surface area contributed by atoms with Crippen molar-refractivity contribution in [3.05, 3.63) is 51.4 Å². The average molecular weight is 342 g/mol. The van der Waals surface area contributed by atoms with Gasteiger partial charge in [0.05, 0.1) is 6.61 Å². The number of fused-ring (bicyclic) bond motifs is 1. The van der Waals surface area contributed by atoms with Crippen molar-refractivity contribution in [2.45, 2.75) is 25.1 Å². The van der Waals surface area contributed by atoms with Gasteiger partial charge < -0.3 is 9.15 Å². The Morgan fingerprint density at radius 3 is 2.95 bits per heavy atom. The Morgan fingerprint density at radius 2 is 2.21 bits per heavy atom. The van der Waals surface area contributed by atoms with E-state index in [1.165, 1.54) is 5.56 Å². The number of benzene rings is 1. The van der Waals surface area contributed by atoms with E-state index >= 15 is 0 Å². The number of hydrogen-bond acceptors (Lipinski definition) is 2. The van der Waals surface area contributed by atoms with E-state index < -0.39 is 0 Å². The first-order valence-electron chi connectivity index (χ1n) is 6.37. The Morgan fingerprint density at radius 1 is 1.37 bits per heavy atom. The molecule has 3 rings (SSSR count). The lowest BCUT2D eigenvalue weighted by Gasteiger charge is -2.12. The Bertz CT molecular complexity index is 606. The largest absolute Gasteiger partial charge is 0.493 e. The third-order valence-corrected chi connectivity index (χ3v) is 4.24. The van der Waals surface area contributed by atoms with Crippen molar-refractivity contribution >= 4 is 27.5 Å². The number of aryl methyl sites for hydroxylation is 1. The maximum Gasteiger partial charge on any atom is 0.127 e. The molecule has 0 saturated heterocycles. The zero-order valence-electron chi connectivity index (χ0n) is 10.6. The molecule has 19 heavy (non-hydrogen) atoms. The second-order valence-electron chi connectivity index (χ2n) is 4.60. The molecule has 1 aromatic heterocycles. The minimum atomic E-state index is -0.315. The number of furan rings is 1. The zero-order valence-corrected chi connectivity index (χ0v) is 12.9. The molecule has 1 aliphatic heterocycles. The molecule has 1 unspecified atom stereocenters. The van der Waals surface area contributed by atoms with Crippen LogP contribution in [-0.4, -0.2) is 6.61 Å². The Labute approximate surface area is 125 Å². The first-order valence-corrected chi connectivity index (χ1v) is 7.59. The third kappa shape index (κ3) is 2.41. The maximum absolute atomic E-state index is 6.56. The number of alkyl halides is 1. The quantitative estimate of drug-likeness (QED) is 0.743. The standard InChI is InChI=1S/C15H14BrClO2/c1-2-11-3-4-13(19-11)14(17)12-8-10(16)7-9-5-6-18-15(9)12/h3-4,7-8,14H,2,5-6H2,1H3. The van der Waals surface area contributed by atoms with Crippen LogP contribution in [0.3, 0.4) is 0 Å². The predicted molar refractivity (Wildman–Crippen MR) is 79.1 cm³/mol. The van der Waals surface area contributed by atoms with Gasteiger partial charge in [0, 0.05) is 22.9 Å². The van der Waals surface area contributed by atoms with Crippen LogP contribution < -0.4 is 4.74 Å². The van der Waals surface area contributed by atoms with Crippen LogP contribution in [0, 0.1) is 0 Å². The number of halogens is 2. The molecule has 0 bridgehead atoms. The van der Waals surface area contributed by atoms with E-state index in [9.17, 15) is 0 Å². The molecule has 0 spiro atoms. The van der Waals surface area contributed by atoms with Gasteiger partial charge in [0.15, 0.2) is 0 Å². The summed E-state index contributed by atoms with van der Waals surface area (Å²) in [5.41, 5.74) is 2.18. The SMILES string of the molecule is CCc1ccc(C(Cl)c2cc(Br)cc3c2OCC3)o1. The maximum atomic E-state index is 6.56. The van der Waals surface area contributed by atoms with Crippen LogP contribution in [0.15, 0.2) is 33.2 Å². The van der Waals surface area contributed by atoms with Gasteiger partial charge in [0.1, 0.15) is 22.6 Å². The fourth-order valence-electron chi connectivity index (χ4n) is 2.36. The summed E-state index contributed by atoms with van der Waals surface area (Å²) in [5.74, 6) is 2.64. The molecule has 0 N–H and O–H groups in total. The van der Waals surface area contributed by atoms with Crippen molar-refractivity contribution in [2.24, 2.45) is 0 Å². The van der Waals surface area contributed by atoms with Crippen molar-refractivity contribution in [3.8, 4) is 5.75 Å². The highest BCUT2D eigenvalue weighted by Crippen LogP contribution is 2.41. The molecule has 2 nitrogen and oxygen atoms in total. The van der Waals surface area contributed by atoms with E-state index in [4.69, 9.17) is 20.8 Å². The number of hydrogen-bond donors (Lipinski definition) is 0. The molecule has 0 radical (unpaired) electrons. The molecule has 2 aromatic rings. The summed E-state index contributed by atoms with van der Waals surface area (Å²) >= 11 is 10.1. The van der Waals surface area contributed by atoms with Gasteiger partial charge in [0.25, 0.3) is 0 Å². The lowest BCUT2D eigenvalue weighted by Crippen LogP contribution is -1.96. The average Bonchev–Trinajstić information content (AvgIpc) is 3.04. The van der Waals surface area contributed by atoms with Crippen LogP contribution in [0.2, 0.25) is 0 Å². The van der Waals surface area contributed by atoms with Gasteiger partial charge >= 0.3 is 0 Å². The predicted octanol–water partition coefficient (Wildman–Crippen LogP) is 4.87. The fourth-order valence-corrected chi connectivity index (χ4v) is 3.16. The Hall–Kier alpha value is -0.930. The molecule has 100 valence electrons. The summed E-state index contributed by atoms with van der Waals surface area (Å²) in [5, 5.41) is -0.315. The number of rotatable bonds is 3. The molecule has 0 aliphatic carbocycles. The first-order chi connectivity index (χ1) is 9.19. The Kier molecular flexibility index (Phi) is 3.59. The van der Waals surface area contributed by atoms with E-state index in [1.54, 1.807) is 0 Å². The molecule has 0 fully saturated rings. The van der Waals surface area contributed by atoms with Crippen molar-refractivity contribution < 1.29 is 9.15 Å². The van der Waals surface area contributed by atoms with E-state index in [0.717, 1.165) is 46.8 Å². The minimum Gasteiger partial charge on any atom is -0.493 e. The summed E-state index contributed by atoms with van der Waals surface area (Å²) in [4.78, 5) is 0. The normalized spacial score (nSPS) is 15.1. The number of ether oxygens (including phenoxy) is 1. The summed E-state index contributed by atoms with van der Waals surface area (Å²) < 4.78 is 12.5. The van der Waals surface area contributed by atoms with Gasteiger partial charge in [-0.2, -0.15) is 0 Å². The third-order valence-electron chi connectivity index (χ3n) is 3.33. The molecule has 0 saturated carbocycles. The van der Waals surface area contributed by atoms with Gasteiger partial charge in [-0.15, -0.1) is 11.6 Å². The second kappa shape index (κ2) is 5.22. The van der Waals surface area contributed by atoms with Crippen LogP contribution in [-0.2, 0) is 12.8 Å². The molecule has 0 amide bonds. The molecule has 1 aromatic carbocycles. The van der Waals surface area contributed by atoms with E-state index in [1.807, 2.05) is 18.2 Å². The molecular weight excluding hydrogens is 328 g/mol. The summed E-state index contributed by atoms with van der Waals surface area (Å²) in [7, 11) is 0. The van der Waals surface area contributed by atoms with Gasteiger partial charge in [-0.3, -0.25) is 0 Å². The van der Waals surface area contributed by atoms with Gasteiger partial charge in [-0.05, 0) is 29.8 Å². The van der Waals surface area contributed by atoms with Crippen molar-refractivity contribution in [2.75, 3.05) is 6.61 Å². The highest BCUT2D eigenvalue weighted by atomic mass is 79.9. The lowest BCUT2D eigenvalue weighted by atomic mass is 10.0. The highest BCUT2D eigenvalue weighted by molar-refractivity contribution is 9.10. The highest BCUT2D eigenvalue weighted by Gasteiger charge is 2.25. The molecular formula is C15H14BrClO2. The second-order valence-corrected chi connectivity index (χ2v) is 5.95. The van der Waals surface area contributed by atoms with Crippen molar-refractivity contribution in [3.63, 3.8) is 0 Å². The fraction of sp³-hybridized carbons (Fsp3) is 0.333. The Balaban J connectivity index is 2.02. The monoisotopic (exact) mass is 340 g/mol. The first kappa shape index (κ1) is 13.1. The van der Waals surface area contributed by atoms with Crippen LogP contribution in [0.4, 0.5) is 0 Å². The molecule has 2 heterocycles. The minimum absolute atomic E-state index is 0.315. The molecule has 1 aliphatic rings. The van der Waals surface area contributed by atoms with Crippen molar-refractivity contribution in [1.82, 2.24) is 0 Å². The summed E-state index contributed by atoms with van der Waals surface area (Å²) in [6, 6.07) is 8.02. The topological polar surface area (TPSA) is 22.4 Å². The van der Waals surface area contributed by atoms with Gasteiger partial charge in [0.2, 0.25) is 0 Å². The van der Waals surface area contributed by atoms with E-state index in [-0.39, 0.29) is 5.38 Å².